The third-order valence-electron chi connectivity index (χ3n) is 2.71. The summed E-state index contributed by atoms with van der Waals surface area (Å²) in [5, 5.41) is 12.1. The molecule has 3 heteroatoms. The average molecular weight is 221 g/mol. The minimum absolute atomic E-state index is 0.0847. The lowest BCUT2D eigenvalue weighted by molar-refractivity contribution is -0.140. The standard InChI is InChI=1S/C13H19NO2/c1-9(2)12(13(15)16)14-8-11-7-5-4-6-10(11)3/h4-7,9,12,14H,8H2,1-3H3,(H,15,16). The van der Waals surface area contributed by atoms with Crippen molar-refractivity contribution in [1.29, 1.82) is 0 Å². The van der Waals surface area contributed by atoms with Crippen molar-refractivity contribution in [3.05, 3.63) is 35.4 Å². The Morgan fingerprint density at radius 1 is 1.38 bits per heavy atom. The number of hydrogen-bond donors (Lipinski definition) is 2. The van der Waals surface area contributed by atoms with Crippen molar-refractivity contribution >= 4 is 5.97 Å². The van der Waals surface area contributed by atoms with Gasteiger partial charge >= 0.3 is 5.97 Å². The molecule has 0 spiro atoms. The van der Waals surface area contributed by atoms with Gasteiger partial charge < -0.3 is 10.4 Å². The SMILES string of the molecule is Cc1ccccc1CNC(C(=O)O)C(C)C. The summed E-state index contributed by atoms with van der Waals surface area (Å²) in [5.74, 6) is -0.704. The first-order valence-electron chi connectivity index (χ1n) is 5.53. The molecule has 0 aromatic heterocycles. The van der Waals surface area contributed by atoms with Crippen LogP contribution < -0.4 is 5.32 Å². The fraction of sp³-hybridized carbons (Fsp3) is 0.462. The van der Waals surface area contributed by atoms with Gasteiger partial charge in [0.15, 0.2) is 0 Å². The number of aryl methyl sites for hydroxylation is 1. The molecular formula is C13H19NO2. The van der Waals surface area contributed by atoms with Gasteiger partial charge in [0.2, 0.25) is 0 Å². The van der Waals surface area contributed by atoms with E-state index in [1.807, 2.05) is 45.0 Å². The highest BCUT2D eigenvalue weighted by Gasteiger charge is 2.20. The molecule has 1 aromatic rings. The molecule has 0 heterocycles. The van der Waals surface area contributed by atoms with Crippen molar-refractivity contribution in [2.75, 3.05) is 0 Å². The van der Waals surface area contributed by atoms with Crippen molar-refractivity contribution in [1.82, 2.24) is 5.32 Å². The first-order valence-corrected chi connectivity index (χ1v) is 5.53. The van der Waals surface area contributed by atoms with Crippen LogP contribution in [0.5, 0.6) is 0 Å². The molecule has 0 aliphatic rings. The molecule has 0 radical (unpaired) electrons. The zero-order valence-electron chi connectivity index (χ0n) is 10.0. The molecule has 0 aliphatic heterocycles. The van der Waals surface area contributed by atoms with E-state index in [2.05, 4.69) is 5.32 Å². The lowest BCUT2D eigenvalue weighted by atomic mass is 10.0. The average Bonchev–Trinajstić information content (AvgIpc) is 2.20. The molecule has 0 bridgehead atoms. The molecule has 0 aliphatic carbocycles. The summed E-state index contributed by atoms with van der Waals surface area (Å²) < 4.78 is 0. The highest BCUT2D eigenvalue weighted by molar-refractivity contribution is 5.73. The Bertz CT molecular complexity index is 361. The van der Waals surface area contributed by atoms with Gasteiger partial charge in [-0.25, -0.2) is 0 Å². The predicted octanol–water partition coefficient (Wildman–Crippen LogP) is 2.19. The van der Waals surface area contributed by atoms with E-state index in [-0.39, 0.29) is 5.92 Å². The second-order valence-electron chi connectivity index (χ2n) is 4.37. The molecular weight excluding hydrogens is 202 g/mol. The number of aliphatic carboxylic acids is 1. The van der Waals surface area contributed by atoms with Crippen LogP contribution in [0.4, 0.5) is 0 Å². The van der Waals surface area contributed by atoms with Crippen LogP contribution in [0.2, 0.25) is 0 Å². The van der Waals surface area contributed by atoms with Crippen LogP contribution in [0.1, 0.15) is 25.0 Å². The van der Waals surface area contributed by atoms with Crippen molar-refractivity contribution in [2.24, 2.45) is 5.92 Å². The second-order valence-corrected chi connectivity index (χ2v) is 4.37. The number of rotatable bonds is 5. The number of hydrogen-bond acceptors (Lipinski definition) is 2. The largest absolute Gasteiger partial charge is 0.480 e. The Labute approximate surface area is 96.5 Å². The van der Waals surface area contributed by atoms with Gasteiger partial charge in [-0.15, -0.1) is 0 Å². The molecule has 1 aromatic carbocycles. The van der Waals surface area contributed by atoms with Gasteiger partial charge in [-0.05, 0) is 24.0 Å². The van der Waals surface area contributed by atoms with E-state index in [1.54, 1.807) is 0 Å². The van der Waals surface area contributed by atoms with E-state index in [4.69, 9.17) is 5.11 Å². The van der Waals surface area contributed by atoms with Crippen molar-refractivity contribution in [2.45, 2.75) is 33.4 Å². The summed E-state index contributed by atoms with van der Waals surface area (Å²) in [6, 6.07) is 7.51. The predicted molar refractivity (Wildman–Crippen MR) is 64.3 cm³/mol. The van der Waals surface area contributed by atoms with Crippen LogP contribution in [0.3, 0.4) is 0 Å². The van der Waals surface area contributed by atoms with Crippen molar-refractivity contribution in [3.63, 3.8) is 0 Å². The first-order chi connectivity index (χ1) is 7.52. The van der Waals surface area contributed by atoms with Gasteiger partial charge in [-0.3, -0.25) is 4.79 Å². The van der Waals surface area contributed by atoms with Gasteiger partial charge in [0, 0.05) is 6.54 Å². The molecule has 16 heavy (non-hydrogen) atoms. The molecule has 2 N–H and O–H groups in total. The number of benzene rings is 1. The minimum Gasteiger partial charge on any atom is -0.480 e. The summed E-state index contributed by atoms with van der Waals surface area (Å²) in [6.07, 6.45) is 0. The van der Waals surface area contributed by atoms with Gasteiger partial charge in [0.25, 0.3) is 0 Å². The van der Waals surface area contributed by atoms with E-state index in [9.17, 15) is 4.79 Å². The highest BCUT2D eigenvalue weighted by atomic mass is 16.4. The normalized spacial score (nSPS) is 12.8. The smallest absolute Gasteiger partial charge is 0.320 e. The maximum atomic E-state index is 11.0. The van der Waals surface area contributed by atoms with Crippen LogP contribution in [0.15, 0.2) is 24.3 Å². The lowest BCUT2D eigenvalue weighted by Gasteiger charge is -2.18. The molecule has 1 rings (SSSR count). The Morgan fingerprint density at radius 3 is 2.50 bits per heavy atom. The molecule has 1 atom stereocenters. The van der Waals surface area contributed by atoms with Gasteiger partial charge in [0.05, 0.1) is 0 Å². The highest BCUT2D eigenvalue weighted by Crippen LogP contribution is 2.08. The first kappa shape index (κ1) is 12.7. The summed E-state index contributed by atoms with van der Waals surface area (Å²) >= 11 is 0. The fourth-order valence-electron chi connectivity index (χ4n) is 1.64. The Kier molecular flexibility index (Phi) is 4.50. The molecule has 0 saturated heterocycles. The topological polar surface area (TPSA) is 49.3 Å². The van der Waals surface area contributed by atoms with Crippen LogP contribution in [0.25, 0.3) is 0 Å². The van der Waals surface area contributed by atoms with E-state index < -0.39 is 12.0 Å². The molecule has 0 amide bonds. The summed E-state index contributed by atoms with van der Waals surface area (Å²) in [5.41, 5.74) is 2.33. The van der Waals surface area contributed by atoms with Crippen LogP contribution in [0, 0.1) is 12.8 Å². The van der Waals surface area contributed by atoms with Crippen LogP contribution in [-0.2, 0) is 11.3 Å². The molecule has 88 valence electrons. The van der Waals surface area contributed by atoms with Crippen molar-refractivity contribution in [3.8, 4) is 0 Å². The monoisotopic (exact) mass is 221 g/mol. The van der Waals surface area contributed by atoms with E-state index in [1.165, 1.54) is 5.56 Å². The second kappa shape index (κ2) is 5.66. The molecule has 1 unspecified atom stereocenters. The van der Waals surface area contributed by atoms with E-state index >= 15 is 0 Å². The van der Waals surface area contributed by atoms with Gasteiger partial charge in [-0.2, -0.15) is 0 Å². The summed E-state index contributed by atoms with van der Waals surface area (Å²) in [4.78, 5) is 11.0. The van der Waals surface area contributed by atoms with E-state index in [0.29, 0.717) is 6.54 Å². The number of nitrogens with one attached hydrogen (secondary N) is 1. The lowest BCUT2D eigenvalue weighted by Crippen LogP contribution is -2.40. The number of carboxylic acids is 1. The number of carbonyl (C=O) groups is 1. The van der Waals surface area contributed by atoms with Crippen LogP contribution in [-0.4, -0.2) is 17.1 Å². The maximum Gasteiger partial charge on any atom is 0.320 e. The Balaban J connectivity index is 2.63. The quantitative estimate of drug-likeness (QED) is 0.801. The fourth-order valence-corrected chi connectivity index (χ4v) is 1.64. The van der Waals surface area contributed by atoms with Gasteiger partial charge in [0.1, 0.15) is 6.04 Å². The zero-order chi connectivity index (χ0) is 12.1. The Hall–Kier alpha value is -1.35. The Morgan fingerprint density at radius 2 is 2.00 bits per heavy atom. The third kappa shape index (κ3) is 3.35. The van der Waals surface area contributed by atoms with E-state index in [0.717, 1.165) is 5.56 Å². The summed E-state index contributed by atoms with van der Waals surface area (Å²) in [6.45, 7) is 6.44. The third-order valence-corrected chi connectivity index (χ3v) is 2.71. The molecule has 0 fully saturated rings. The summed E-state index contributed by atoms with van der Waals surface area (Å²) in [7, 11) is 0. The molecule has 3 nitrogen and oxygen atoms in total. The van der Waals surface area contributed by atoms with Crippen molar-refractivity contribution < 1.29 is 9.90 Å². The van der Waals surface area contributed by atoms with Crippen LogP contribution >= 0.6 is 0 Å². The molecule has 0 saturated carbocycles. The minimum atomic E-state index is -0.788. The van der Waals surface area contributed by atoms with Gasteiger partial charge in [-0.1, -0.05) is 38.1 Å². The maximum absolute atomic E-state index is 11.0. The zero-order valence-corrected chi connectivity index (χ0v) is 10.0. The number of carboxylic acid groups (broad SMARTS) is 1.